The summed E-state index contributed by atoms with van der Waals surface area (Å²) in [6.45, 7) is 3.03. The molecule has 2 fully saturated rings. The van der Waals surface area contributed by atoms with Gasteiger partial charge in [-0.05, 0) is 97.2 Å². The average Bonchev–Trinajstić information content (AvgIpc) is 3.63. The van der Waals surface area contributed by atoms with E-state index in [1.54, 1.807) is 12.3 Å². The van der Waals surface area contributed by atoms with Crippen molar-refractivity contribution in [1.82, 2.24) is 9.97 Å². The Kier molecular flexibility index (Phi) is 8.56. The number of hydrogen-bond donors (Lipinski definition) is 2. The van der Waals surface area contributed by atoms with E-state index in [9.17, 15) is 9.90 Å². The van der Waals surface area contributed by atoms with Crippen LogP contribution in [0, 0.1) is 23.7 Å². The quantitative estimate of drug-likeness (QED) is 0.206. The van der Waals surface area contributed by atoms with Crippen LogP contribution in [0.5, 0.6) is 5.75 Å². The lowest BCUT2D eigenvalue weighted by Gasteiger charge is -2.30. The molecule has 2 heterocycles. The molecule has 4 aromatic rings. The van der Waals surface area contributed by atoms with Crippen molar-refractivity contribution in [3.05, 3.63) is 77.4 Å². The van der Waals surface area contributed by atoms with Gasteiger partial charge in [-0.1, -0.05) is 38.0 Å². The number of para-hydroxylation sites is 1. The summed E-state index contributed by atoms with van der Waals surface area (Å²) in [7, 11) is 0. The maximum Gasteiger partial charge on any atom is 0.307 e. The molecule has 2 atom stereocenters. The van der Waals surface area contributed by atoms with Gasteiger partial charge in [0.25, 0.3) is 0 Å². The average molecular weight is 568 g/mol. The van der Waals surface area contributed by atoms with Gasteiger partial charge in [0.05, 0.1) is 12.1 Å². The lowest BCUT2D eigenvalue weighted by atomic mass is 9.75. The molecule has 2 aromatic heterocycles. The Morgan fingerprint density at radius 1 is 1.05 bits per heavy atom. The molecule has 220 valence electrons. The molecule has 0 radical (unpaired) electrons. The minimum atomic E-state index is -0.889. The van der Waals surface area contributed by atoms with Crippen LogP contribution in [0.3, 0.4) is 0 Å². The van der Waals surface area contributed by atoms with Crippen molar-refractivity contribution in [2.45, 2.75) is 77.9 Å². The number of carboxylic acids is 1. The van der Waals surface area contributed by atoms with E-state index in [1.165, 1.54) is 44.9 Å². The van der Waals surface area contributed by atoms with Gasteiger partial charge in [-0.3, -0.25) is 9.78 Å². The summed E-state index contributed by atoms with van der Waals surface area (Å²) in [6.07, 6.45) is 12.0. The maximum absolute atomic E-state index is 11.3. The van der Waals surface area contributed by atoms with E-state index in [4.69, 9.17) is 19.9 Å². The normalized spacial score (nSPS) is 22.4. The van der Waals surface area contributed by atoms with E-state index >= 15 is 0 Å². The van der Waals surface area contributed by atoms with Crippen LogP contribution < -0.4 is 10.5 Å². The molecule has 0 amide bonds. The zero-order valence-corrected chi connectivity index (χ0v) is 24.4. The number of oxazole rings is 1. The molecule has 2 aliphatic rings. The first-order valence-electron chi connectivity index (χ1n) is 15.5. The number of aliphatic carboxylic acids is 1. The van der Waals surface area contributed by atoms with Crippen molar-refractivity contribution < 1.29 is 19.1 Å². The maximum atomic E-state index is 11.3. The Labute approximate surface area is 247 Å². The fourth-order valence-electron chi connectivity index (χ4n) is 7.13. The molecular formula is C35H41N3O4. The minimum Gasteiger partial charge on any atom is -0.489 e. The number of nitrogens with zero attached hydrogens (tertiary/aromatic N) is 2. The number of nitrogens with two attached hydrogens (primary N) is 1. The van der Waals surface area contributed by atoms with Crippen LogP contribution in [0.4, 0.5) is 0 Å². The summed E-state index contributed by atoms with van der Waals surface area (Å²) in [4.78, 5) is 20.7. The van der Waals surface area contributed by atoms with Crippen molar-refractivity contribution >= 4 is 17.1 Å². The van der Waals surface area contributed by atoms with Gasteiger partial charge >= 0.3 is 5.97 Å². The summed E-state index contributed by atoms with van der Waals surface area (Å²) >= 11 is 0. The molecule has 2 aliphatic carbocycles. The van der Waals surface area contributed by atoms with Crippen molar-refractivity contribution in [2.75, 3.05) is 0 Å². The number of carboxylic acid groups (broad SMARTS) is 1. The van der Waals surface area contributed by atoms with E-state index in [0.717, 1.165) is 63.5 Å². The van der Waals surface area contributed by atoms with E-state index in [1.807, 2.05) is 36.4 Å². The zero-order chi connectivity index (χ0) is 29.1. The molecule has 3 N–H and O–H groups in total. The summed E-state index contributed by atoms with van der Waals surface area (Å²) in [5.41, 5.74) is 11.8. The van der Waals surface area contributed by atoms with Crippen molar-refractivity contribution in [1.29, 1.82) is 0 Å². The van der Waals surface area contributed by atoms with Crippen LogP contribution in [-0.4, -0.2) is 21.0 Å². The molecule has 0 saturated heterocycles. The Balaban J connectivity index is 1.25. The van der Waals surface area contributed by atoms with E-state index in [0.29, 0.717) is 23.8 Å². The van der Waals surface area contributed by atoms with Gasteiger partial charge in [0, 0.05) is 30.3 Å². The monoisotopic (exact) mass is 567 g/mol. The van der Waals surface area contributed by atoms with Gasteiger partial charge in [-0.25, -0.2) is 4.98 Å². The highest BCUT2D eigenvalue weighted by Gasteiger charge is 2.33. The van der Waals surface area contributed by atoms with Crippen molar-refractivity contribution in [2.24, 2.45) is 29.4 Å². The molecule has 7 nitrogen and oxygen atoms in total. The van der Waals surface area contributed by atoms with E-state index < -0.39 is 5.97 Å². The molecule has 0 spiro atoms. The summed E-state index contributed by atoms with van der Waals surface area (Å²) < 4.78 is 12.6. The number of ether oxygens (including phenoxy) is 1. The second kappa shape index (κ2) is 12.7. The molecule has 6 rings (SSSR count). The second-order valence-electron chi connectivity index (χ2n) is 12.5. The molecular weight excluding hydrogens is 526 g/mol. The number of benzene rings is 2. The van der Waals surface area contributed by atoms with Crippen LogP contribution >= 0.6 is 0 Å². The highest BCUT2D eigenvalue weighted by atomic mass is 16.5. The Hall–Kier alpha value is -3.71. The Bertz CT molecular complexity index is 1540. The van der Waals surface area contributed by atoms with Crippen LogP contribution in [0.1, 0.15) is 74.6 Å². The largest absolute Gasteiger partial charge is 0.489 e. The fraction of sp³-hybridized carbons (Fsp3) is 0.457. The molecule has 0 bridgehead atoms. The van der Waals surface area contributed by atoms with Crippen LogP contribution in [0.15, 0.2) is 59.1 Å². The lowest BCUT2D eigenvalue weighted by Crippen LogP contribution is -2.19. The van der Waals surface area contributed by atoms with Crippen molar-refractivity contribution in [3.8, 4) is 16.9 Å². The molecule has 42 heavy (non-hydrogen) atoms. The number of fused-ring (bicyclic) bond motifs is 1. The standard InChI is InChI=1S/C35H41N3O4/c1-22-6-9-25(10-7-22)26-11-8-23(14-26)17-33-38-31-16-24(21-41-32-5-3-2-4-28(32)19-34(39)40)15-30(35(31)42-33)27-12-13-37-29(18-27)20-36/h2-5,12-13,15-16,18,22-23,25-26H,6-11,14,17,19-21,36H2,1H3,(H,39,40). The fourth-order valence-corrected chi connectivity index (χ4v) is 7.13. The highest BCUT2D eigenvalue weighted by Crippen LogP contribution is 2.44. The summed E-state index contributed by atoms with van der Waals surface area (Å²) in [5, 5.41) is 9.31. The predicted octanol–water partition coefficient (Wildman–Crippen LogP) is 7.34. The Morgan fingerprint density at radius 2 is 1.86 bits per heavy atom. The predicted molar refractivity (Wildman–Crippen MR) is 163 cm³/mol. The van der Waals surface area contributed by atoms with Crippen molar-refractivity contribution in [3.63, 3.8) is 0 Å². The zero-order valence-electron chi connectivity index (χ0n) is 24.4. The highest BCUT2D eigenvalue weighted by molar-refractivity contribution is 5.91. The van der Waals surface area contributed by atoms with E-state index in [2.05, 4.69) is 18.0 Å². The van der Waals surface area contributed by atoms with Gasteiger partial charge < -0.3 is 20.0 Å². The van der Waals surface area contributed by atoms with Gasteiger partial charge in [0.1, 0.15) is 17.9 Å². The van der Waals surface area contributed by atoms with Gasteiger partial charge in [-0.2, -0.15) is 0 Å². The third kappa shape index (κ3) is 6.51. The number of pyridine rings is 1. The SMILES string of the molecule is CC1CCC(C2CCC(Cc3nc4cc(COc5ccccc5CC(=O)O)cc(-c5ccnc(CN)c5)c4o3)C2)CC1. The molecule has 2 unspecified atom stereocenters. The van der Waals surface area contributed by atoms with Gasteiger partial charge in [0.15, 0.2) is 11.5 Å². The molecule has 2 aromatic carbocycles. The molecule has 2 saturated carbocycles. The topological polar surface area (TPSA) is 111 Å². The number of aromatic nitrogens is 2. The van der Waals surface area contributed by atoms with E-state index in [-0.39, 0.29) is 13.0 Å². The smallest absolute Gasteiger partial charge is 0.307 e. The summed E-state index contributed by atoms with van der Waals surface area (Å²) in [5.74, 6) is 3.73. The number of carbonyl (C=O) groups is 1. The Morgan fingerprint density at radius 3 is 2.67 bits per heavy atom. The first-order valence-corrected chi connectivity index (χ1v) is 15.5. The third-order valence-electron chi connectivity index (χ3n) is 9.41. The summed E-state index contributed by atoms with van der Waals surface area (Å²) in [6, 6.07) is 15.3. The molecule has 7 heteroatoms. The van der Waals surface area contributed by atoms with Gasteiger partial charge in [0.2, 0.25) is 0 Å². The first kappa shape index (κ1) is 28.4. The van der Waals surface area contributed by atoms with Crippen LogP contribution in [0.25, 0.3) is 22.2 Å². The van der Waals surface area contributed by atoms with Crippen LogP contribution in [0.2, 0.25) is 0 Å². The number of hydrogen-bond acceptors (Lipinski definition) is 6. The lowest BCUT2D eigenvalue weighted by molar-refractivity contribution is -0.136. The minimum absolute atomic E-state index is 0.0894. The van der Waals surface area contributed by atoms with Crippen LogP contribution in [-0.2, 0) is 30.8 Å². The number of rotatable bonds is 10. The molecule has 0 aliphatic heterocycles. The third-order valence-corrected chi connectivity index (χ3v) is 9.41. The second-order valence-corrected chi connectivity index (χ2v) is 12.5. The van der Waals surface area contributed by atoms with Gasteiger partial charge in [-0.15, -0.1) is 0 Å². The first-order chi connectivity index (χ1) is 20.4.